The number of fused-ring (bicyclic) bond motifs is 3. The van der Waals surface area contributed by atoms with E-state index < -0.39 is 18.1 Å². The van der Waals surface area contributed by atoms with Crippen molar-refractivity contribution in [1.82, 2.24) is 10.2 Å². The van der Waals surface area contributed by atoms with E-state index in [4.69, 9.17) is 4.74 Å². The van der Waals surface area contributed by atoms with Crippen LogP contribution < -0.4 is 5.32 Å². The van der Waals surface area contributed by atoms with E-state index in [-0.39, 0.29) is 30.9 Å². The van der Waals surface area contributed by atoms with Crippen LogP contribution >= 0.6 is 0 Å². The Hall–Kier alpha value is -3.35. The summed E-state index contributed by atoms with van der Waals surface area (Å²) >= 11 is 0. The molecule has 1 unspecified atom stereocenters. The highest BCUT2D eigenvalue weighted by Crippen LogP contribution is 2.44. The Kier molecular flexibility index (Phi) is 6.26. The number of carbonyl (C=O) groups excluding carboxylic acids is 2. The van der Waals surface area contributed by atoms with Gasteiger partial charge in [0.15, 0.2) is 0 Å². The fourth-order valence-electron chi connectivity index (χ4n) is 5.13. The maximum atomic E-state index is 13.3. The van der Waals surface area contributed by atoms with Crippen molar-refractivity contribution in [2.24, 2.45) is 11.8 Å². The highest BCUT2D eigenvalue weighted by atomic mass is 16.5. The van der Waals surface area contributed by atoms with Gasteiger partial charge in [-0.15, -0.1) is 0 Å². The fourth-order valence-corrected chi connectivity index (χ4v) is 5.13. The van der Waals surface area contributed by atoms with E-state index in [9.17, 15) is 19.5 Å². The lowest BCUT2D eigenvalue weighted by molar-refractivity contribution is -0.146. The molecule has 1 atom stereocenters. The number of nitrogens with one attached hydrogen (secondary N) is 1. The number of hydrogen-bond acceptors (Lipinski definition) is 4. The molecule has 2 N–H and O–H groups in total. The zero-order valence-corrected chi connectivity index (χ0v) is 19.1. The van der Waals surface area contributed by atoms with Crippen LogP contribution in [0.3, 0.4) is 0 Å². The lowest BCUT2D eigenvalue weighted by atomic mass is 9.79. The molecule has 0 spiro atoms. The predicted octanol–water partition coefficient (Wildman–Crippen LogP) is 4.02. The molecule has 3 aliphatic rings. The monoisotopic (exact) mass is 462 g/mol. The van der Waals surface area contributed by atoms with Gasteiger partial charge in [0, 0.05) is 12.5 Å². The van der Waals surface area contributed by atoms with Gasteiger partial charge in [-0.3, -0.25) is 9.59 Å². The summed E-state index contributed by atoms with van der Waals surface area (Å²) in [5, 5.41) is 12.1. The Morgan fingerprint density at radius 1 is 0.971 bits per heavy atom. The van der Waals surface area contributed by atoms with E-state index in [0.29, 0.717) is 12.5 Å². The van der Waals surface area contributed by atoms with Crippen molar-refractivity contribution in [3.63, 3.8) is 0 Å². The third kappa shape index (κ3) is 4.65. The maximum Gasteiger partial charge on any atom is 0.407 e. The van der Waals surface area contributed by atoms with Crippen LogP contribution in [0.5, 0.6) is 0 Å². The first-order valence-electron chi connectivity index (χ1n) is 12.1. The van der Waals surface area contributed by atoms with Crippen LogP contribution in [0, 0.1) is 11.8 Å². The number of rotatable bonds is 9. The van der Waals surface area contributed by atoms with Gasteiger partial charge in [0.05, 0.1) is 0 Å². The van der Waals surface area contributed by atoms with Crippen LogP contribution in [0.4, 0.5) is 4.79 Å². The number of benzene rings is 2. The Morgan fingerprint density at radius 3 is 2.12 bits per heavy atom. The van der Waals surface area contributed by atoms with Crippen LogP contribution in [0.15, 0.2) is 48.5 Å². The van der Waals surface area contributed by atoms with Crippen LogP contribution in [-0.4, -0.2) is 53.7 Å². The van der Waals surface area contributed by atoms with Crippen molar-refractivity contribution < 1.29 is 24.2 Å². The van der Waals surface area contributed by atoms with E-state index in [1.165, 1.54) is 4.90 Å². The molecule has 178 valence electrons. The summed E-state index contributed by atoms with van der Waals surface area (Å²) in [6.45, 7) is 0.262. The number of alkyl carbamates (subject to hydrolysis) is 1. The molecule has 0 bridgehead atoms. The van der Waals surface area contributed by atoms with E-state index in [0.717, 1.165) is 54.4 Å². The molecule has 2 fully saturated rings. The molecule has 2 amide bonds. The summed E-state index contributed by atoms with van der Waals surface area (Å²) in [5.41, 5.74) is 4.55. The maximum absolute atomic E-state index is 13.3. The van der Waals surface area contributed by atoms with Gasteiger partial charge in [0.1, 0.15) is 19.2 Å². The first kappa shape index (κ1) is 22.4. The summed E-state index contributed by atoms with van der Waals surface area (Å²) in [6, 6.07) is 15.5. The van der Waals surface area contributed by atoms with Gasteiger partial charge < -0.3 is 20.1 Å². The summed E-state index contributed by atoms with van der Waals surface area (Å²) < 4.78 is 5.66. The minimum atomic E-state index is -1.04. The van der Waals surface area contributed by atoms with Crippen molar-refractivity contribution in [3.8, 4) is 11.1 Å². The number of amides is 2. The molecule has 0 aromatic heterocycles. The average Bonchev–Trinajstić information content (AvgIpc) is 3.55. The summed E-state index contributed by atoms with van der Waals surface area (Å²) in [7, 11) is 0. The van der Waals surface area contributed by atoms with E-state index >= 15 is 0 Å². The number of aliphatic carboxylic acids is 1. The molecule has 0 radical (unpaired) electrons. The van der Waals surface area contributed by atoms with Gasteiger partial charge in [-0.25, -0.2) is 4.79 Å². The second kappa shape index (κ2) is 9.49. The third-order valence-electron chi connectivity index (χ3n) is 7.32. The minimum absolute atomic E-state index is 0.0171. The van der Waals surface area contributed by atoms with E-state index in [2.05, 4.69) is 29.6 Å². The molecule has 2 saturated carbocycles. The summed E-state index contributed by atoms with van der Waals surface area (Å²) in [5.74, 6) is -1.03. The highest BCUT2D eigenvalue weighted by molar-refractivity contribution is 5.88. The zero-order chi connectivity index (χ0) is 23.7. The molecule has 34 heavy (non-hydrogen) atoms. The van der Waals surface area contributed by atoms with E-state index in [1.807, 2.05) is 24.3 Å². The molecule has 0 saturated heterocycles. The number of hydrogen-bond donors (Lipinski definition) is 2. The molecule has 2 aromatic carbocycles. The fraction of sp³-hybridized carbons (Fsp3) is 0.444. The zero-order valence-electron chi connectivity index (χ0n) is 19.1. The molecule has 2 aromatic rings. The second-order valence-corrected chi connectivity index (χ2v) is 9.69. The van der Waals surface area contributed by atoms with Crippen LogP contribution in [0.1, 0.15) is 49.1 Å². The highest BCUT2D eigenvalue weighted by Gasteiger charge is 2.39. The predicted molar refractivity (Wildman–Crippen MR) is 126 cm³/mol. The lowest BCUT2D eigenvalue weighted by Gasteiger charge is -2.36. The molecule has 5 rings (SSSR count). The van der Waals surface area contributed by atoms with Crippen LogP contribution in [-0.2, 0) is 14.3 Å². The Balaban J connectivity index is 1.26. The van der Waals surface area contributed by atoms with Crippen LogP contribution in [0.2, 0.25) is 0 Å². The van der Waals surface area contributed by atoms with Crippen molar-refractivity contribution in [2.45, 2.75) is 44.1 Å². The molecule has 0 aliphatic heterocycles. The number of carbonyl (C=O) groups is 3. The molecule has 0 heterocycles. The number of ether oxygens (including phenoxy) is 1. The van der Waals surface area contributed by atoms with Crippen molar-refractivity contribution >= 4 is 18.0 Å². The normalized spacial score (nSPS) is 17.8. The van der Waals surface area contributed by atoms with Crippen LogP contribution in [0.25, 0.3) is 11.1 Å². The standard InChI is InChI=1S/C27H30N2O5/c30-24(31)15-29(14-17-12-13-17)26(32)25(18-6-5-7-18)28-27(33)34-16-23-21-10-3-1-8-19(21)20-9-2-4-11-22(20)23/h1-4,8-11,17-18,23,25H,5-7,12-16H2,(H,28,33)(H,30,31). The molecular formula is C27H30N2O5. The first-order valence-corrected chi connectivity index (χ1v) is 12.1. The summed E-state index contributed by atoms with van der Waals surface area (Å²) in [4.78, 5) is 38.9. The first-order chi connectivity index (χ1) is 16.5. The van der Waals surface area contributed by atoms with E-state index in [1.54, 1.807) is 0 Å². The smallest absolute Gasteiger partial charge is 0.407 e. The van der Waals surface area contributed by atoms with Crippen molar-refractivity contribution in [3.05, 3.63) is 59.7 Å². The minimum Gasteiger partial charge on any atom is -0.480 e. The molecule has 7 nitrogen and oxygen atoms in total. The molecule has 7 heteroatoms. The average molecular weight is 463 g/mol. The number of carboxylic acid groups (broad SMARTS) is 1. The van der Waals surface area contributed by atoms with Gasteiger partial charge in [-0.05, 0) is 59.8 Å². The topological polar surface area (TPSA) is 95.9 Å². The lowest BCUT2D eigenvalue weighted by Crippen LogP contribution is -2.55. The van der Waals surface area contributed by atoms with Gasteiger partial charge in [0.2, 0.25) is 5.91 Å². The van der Waals surface area contributed by atoms with Crippen molar-refractivity contribution in [2.75, 3.05) is 19.7 Å². The van der Waals surface area contributed by atoms with Crippen molar-refractivity contribution in [1.29, 1.82) is 0 Å². The number of carboxylic acids is 1. The molecular weight excluding hydrogens is 432 g/mol. The van der Waals surface area contributed by atoms with Gasteiger partial charge >= 0.3 is 12.1 Å². The SMILES string of the molecule is O=C(O)CN(CC1CC1)C(=O)C(NC(=O)OCC1c2ccccc2-c2ccccc21)C1CCC1. The Morgan fingerprint density at radius 2 is 1.59 bits per heavy atom. The van der Waals surface area contributed by atoms with Gasteiger partial charge in [0.25, 0.3) is 0 Å². The quantitative estimate of drug-likeness (QED) is 0.587. The largest absolute Gasteiger partial charge is 0.480 e. The number of nitrogens with zero attached hydrogens (tertiary/aromatic N) is 1. The second-order valence-electron chi connectivity index (χ2n) is 9.69. The molecule has 3 aliphatic carbocycles. The third-order valence-corrected chi connectivity index (χ3v) is 7.32. The summed E-state index contributed by atoms with van der Waals surface area (Å²) in [6.07, 6.45) is 4.07. The Bertz CT molecular complexity index is 1050. The Labute approximate surface area is 199 Å². The van der Waals surface area contributed by atoms with Gasteiger partial charge in [-0.1, -0.05) is 55.0 Å². The van der Waals surface area contributed by atoms with Gasteiger partial charge in [-0.2, -0.15) is 0 Å².